The molecule has 0 saturated heterocycles. The predicted octanol–water partition coefficient (Wildman–Crippen LogP) is 4.71. The van der Waals surface area contributed by atoms with Gasteiger partial charge in [-0.1, -0.05) is 71.9 Å². The summed E-state index contributed by atoms with van der Waals surface area (Å²) >= 11 is 7.72. The van der Waals surface area contributed by atoms with Crippen LogP contribution in [0.1, 0.15) is 31.2 Å². The second kappa shape index (κ2) is 9.24. The largest absolute Gasteiger partial charge is 0.328 e. The van der Waals surface area contributed by atoms with Crippen molar-refractivity contribution in [3.63, 3.8) is 0 Å². The number of hydrogen-bond donors (Lipinski definition) is 1. The average molecular weight is 455 g/mol. The third-order valence-electron chi connectivity index (χ3n) is 5.76. The number of halogens is 1. The van der Waals surface area contributed by atoms with Crippen LogP contribution in [0.25, 0.3) is 11.4 Å². The Morgan fingerprint density at radius 1 is 1.16 bits per heavy atom. The van der Waals surface area contributed by atoms with Gasteiger partial charge in [-0.2, -0.15) is 0 Å². The Hall–Kier alpha value is -2.64. The summed E-state index contributed by atoms with van der Waals surface area (Å²) in [5.41, 5.74) is 0.602. The first-order valence-corrected chi connectivity index (χ1v) is 11.5. The van der Waals surface area contributed by atoms with Crippen molar-refractivity contribution in [2.24, 2.45) is 0 Å². The van der Waals surface area contributed by atoms with Crippen LogP contribution in [0, 0.1) is 0 Å². The van der Waals surface area contributed by atoms with Crippen molar-refractivity contribution >= 4 is 35.1 Å². The third kappa shape index (κ3) is 4.25. The van der Waals surface area contributed by atoms with Gasteiger partial charge in [-0.15, -0.1) is 5.10 Å². The molecule has 0 unspecified atom stereocenters. The molecule has 0 bridgehead atoms. The number of ketones is 1. The molecule has 1 aromatic heterocycles. The summed E-state index contributed by atoms with van der Waals surface area (Å²) in [5, 5.41) is 8.11. The maximum atomic E-state index is 13.2. The molecule has 1 saturated carbocycles. The molecule has 160 valence electrons. The maximum Gasteiger partial charge on any atom is 0.233 e. The molecule has 31 heavy (non-hydrogen) atoms. The smallest absolute Gasteiger partial charge is 0.233 e. The van der Waals surface area contributed by atoms with Gasteiger partial charge in [-0.05, 0) is 25.3 Å². The minimum atomic E-state index is -1.03. The number of Topliss-reactive ketones (excluding diaryl/α,β-unsaturated/α-hetero) is 1. The number of aromatic nitrogens is 3. The topological polar surface area (TPSA) is 79.0 Å². The quantitative estimate of drug-likeness (QED) is 0.545. The first-order chi connectivity index (χ1) is 15.0. The average Bonchev–Trinajstić information content (AvgIpc) is 3.28. The molecular formula is C23H23ClN4O2S. The van der Waals surface area contributed by atoms with Crippen molar-refractivity contribution in [2.75, 3.05) is 12.8 Å². The van der Waals surface area contributed by atoms with E-state index >= 15 is 0 Å². The van der Waals surface area contributed by atoms with Crippen LogP contribution >= 0.6 is 23.4 Å². The second-order valence-electron chi connectivity index (χ2n) is 7.54. The lowest BCUT2D eigenvalue weighted by Gasteiger charge is -2.44. The van der Waals surface area contributed by atoms with E-state index in [2.05, 4.69) is 15.2 Å². The summed E-state index contributed by atoms with van der Waals surface area (Å²) in [7, 11) is 1.70. The van der Waals surface area contributed by atoms with Crippen molar-refractivity contribution in [3.8, 4) is 11.4 Å². The first kappa shape index (κ1) is 21.6. The highest BCUT2D eigenvalue weighted by atomic mass is 35.5. The molecule has 8 heteroatoms. The Balaban J connectivity index is 1.52. The van der Waals surface area contributed by atoms with Crippen LogP contribution in [0.4, 0.5) is 0 Å². The number of nitrogens with one attached hydrogen (secondary N) is 1. The highest BCUT2D eigenvalue weighted by Gasteiger charge is 2.47. The highest BCUT2D eigenvalue weighted by Crippen LogP contribution is 2.42. The molecule has 1 fully saturated rings. The minimum absolute atomic E-state index is 0.0389. The molecule has 4 rings (SSSR count). The zero-order chi connectivity index (χ0) is 21.8. The molecule has 0 aliphatic heterocycles. The second-order valence-corrected chi connectivity index (χ2v) is 8.89. The van der Waals surface area contributed by atoms with Crippen LogP contribution in [-0.2, 0) is 15.1 Å². The van der Waals surface area contributed by atoms with Gasteiger partial charge in [0.25, 0.3) is 0 Å². The summed E-state index contributed by atoms with van der Waals surface area (Å²) in [6.45, 7) is 0. The number of carbonyl (C=O) groups excluding carboxylic acids is 2. The Bertz CT molecular complexity index is 1090. The van der Waals surface area contributed by atoms with E-state index in [0.717, 1.165) is 18.4 Å². The van der Waals surface area contributed by atoms with Gasteiger partial charge in [0.2, 0.25) is 11.1 Å². The van der Waals surface area contributed by atoms with E-state index in [0.29, 0.717) is 34.4 Å². The number of H-pyrrole nitrogens is 1. The number of rotatable bonds is 6. The van der Waals surface area contributed by atoms with Crippen molar-refractivity contribution in [1.82, 2.24) is 20.1 Å². The van der Waals surface area contributed by atoms with Gasteiger partial charge in [-0.3, -0.25) is 14.7 Å². The normalized spacial score (nSPS) is 18.7. The number of nitrogens with zero attached hydrogens (tertiary/aromatic N) is 3. The molecule has 1 heterocycles. The first-order valence-electron chi connectivity index (χ1n) is 10.2. The Kier molecular flexibility index (Phi) is 6.43. The molecular weight excluding hydrogens is 432 g/mol. The van der Waals surface area contributed by atoms with E-state index in [9.17, 15) is 9.59 Å². The molecule has 1 N–H and O–H groups in total. The standard InChI is InChI=1S/C23H23ClN4O2S/c1-28(23(14-8-7-13-19(23)29)17-11-5-6-12-18(17)24)20(30)15-31-22-25-21(26-27-22)16-9-3-2-4-10-16/h2-6,9-12H,7-8,13-15H2,1H3,(H,25,26,27)/t23-/m1/s1. The zero-order valence-corrected chi connectivity index (χ0v) is 18.7. The van der Waals surface area contributed by atoms with Crippen LogP contribution in [-0.4, -0.2) is 44.6 Å². The van der Waals surface area contributed by atoms with Crippen molar-refractivity contribution < 1.29 is 9.59 Å². The van der Waals surface area contributed by atoms with Gasteiger partial charge in [0.15, 0.2) is 11.6 Å². The number of aromatic amines is 1. The molecule has 0 radical (unpaired) electrons. The number of thioether (sulfide) groups is 1. The Labute approximate surface area is 190 Å². The molecule has 1 atom stereocenters. The van der Waals surface area contributed by atoms with Gasteiger partial charge >= 0.3 is 0 Å². The van der Waals surface area contributed by atoms with E-state index in [1.54, 1.807) is 18.0 Å². The third-order valence-corrected chi connectivity index (χ3v) is 6.92. The van der Waals surface area contributed by atoms with E-state index in [4.69, 9.17) is 11.6 Å². The number of carbonyl (C=O) groups is 2. The van der Waals surface area contributed by atoms with E-state index < -0.39 is 5.54 Å². The SMILES string of the molecule is CN(C(=O)CSc1n[nH]c(-c2ccccc2)n1)[C@@]1(c2ccccc2Cl)CCCCC1=O. The number of amides is 1. The van der Waals surface area contributed by atoms with E-state index in [1.807, 2.05) is 48.5 Å². The Morgan fingerprint density at radius 3 is 2.65 bits per heavy atom. The number of hydrogen-bond acceptors (Lipinski definition) is 5. The maximum absolute atomic E-state index is 13.2. The highest BCUT2D eigenvalue weighted by molar-refractivity contribution is 7.99. The summed E-state index contributed by atoms with van der Waals surface area (Å²) in [5.74, 6) is 0.657. The predicted molar refractivity (Wildman–Crippen MR) is 122 cm³/mol. The van der Waals surface area contributed by atoms with Gasteiger partial charge in [0.05, 0.1) is 5.75 Å². The molecule has 2 aromatic carbocycles. The van der Waals surface area contributed by atoms with Crippen molar-refractivity contribution in [1.29, 1.82) is 0 Å². The fourth-order valence-electron chi connectivity index (χ4n) is 4.10. The van der Waals surface area contributed by atoms with Crippen LogP contribution in [0.2, 0.25) is 5.02 Å². The summed E-state index contributed by atoms with van der Waals surface area (Å²) in [6.07, 6.45) is 2.71. The summed E-state index contributed by atoms with van der Waals surface area (Å²) < 4.78 is 0. The van der Waals surface area contributed by atoms with Crippen molar-refractivity contribution in [2.45, 2.75) is 36.4 Å². The molecule has 6 nitrogen and oxygen atoms in total. The summed E-state index contributed by atoms with van der Waals surface area (Å²) in [6, 6.07) is 17.0. The van der Waals surface area contributed by atoms with E-state index in [1.165, 1.54) is 11.8 Å². The lowest BCUT2D eigenvalue weighted by molar-refractivity contribution is -0.146. The van der Waals surface area contributed by atoms with Crippen molar-refractivity contribution in [3.05, 3.63) is 65.2 Å². The molecule has 1 aliphatic rings. The molecule has 1 amide bonds. The number of benzene rings is 2. The van der Waals surface area contributed by atoms with Gasteiger partial charge < -0.3 is 4.90 Å². The van der Waals surface area contributed by atoms with Gasteiger partial charge in [0.1, 0.15) is 5.54 Å². The number of likely N-dealkylation sites (N-methyl/N-ethyl adjacent to an activating group) is 1. The van der Waals surface area contributed by atoms with Gasteiger partial charge in [0, 0.05) is 29.6 Å². The summed E-state index contributed by atoms with van der Waals surface area (Å²) in [4.78, 5) is 32.4. The monoisotopic (exact) mass is 454 g/mol. The van der Waals surface area contributed by atoms with Crippen LogP contribution in [0.3, 0.4) is 0 Å². The molecule has 0 spiro atoms. The fourth-order valence-corrected chi connectivity index (χ4v) is 5.11. The van der Waals surface area contributed by atoms with Crippen LogP contribution in [0.15, 0.2) is 59.8 Å². The lowest BCUT2D eigenvalue weighted by atomic mass is 9.74. The van der Waals surface area contributed by atoms with Crippen LogP contribution in [0.5, 0.6) is 0 Å². The molecule has 1 aliphatic carbocycles. The van der Waals surface area contributed by atoms with Crippen LogP contribution < -0.4 is 0 Å². The molecule has 3 aromatic rings. The lowest BCUT2D eigenvalue weighted by Crippen LogP contribution is -2.54. The van der Waals surface area contributed by atoms with E-state index in [-0.39, 0.29) is 17.4 Å². The minimum Gasteiger partial charge on any atom is -0.328 e. The fraction of sp³-hybridized carbons (Fsp3) is 0.304. The van der Waals surface area contributed by atoms with Gasteiger partial charge in [-0.25, -0.2) is 4.98 Å². The Morgan fingerprint density at radius 2 is 1.90 bits per heavy atom. The zero-order valence-electron chi connectivity index (χ0n) is 17.2.